The SMILES string of the molecule is c1ccc(-c2ccc3sc4c(c3c2)c2ccccc2c2c3cc(-c5ccccc5)ccc3n(-c3cc(-c5ccccc5)nc(-c5ccccc5)n3)c42)cc1. The lowest BCUT2D eigenvalue weighted by molar-refractivity contribution is 1.05. The summed E-state index contributed by atoms with van der Waals surface area (Å²) >= 11 is 1.87. The third kappa shape index (κ3) is 4.88. The van der Waals surface area contributed by atoms with Crippen LogP contribution in [0.4, 0.5) is 0 Å². The lowest BCUT2D eigenvalue weighted by Crippen LogP contribution is -2.02. The Bertz CT molecular complexity index is 3130. The van der Waals surface area contributed by atoms with Crippen LogP contribution in [0, 0.1) is 0 Å². The first-order chi connectivity index (χ1) is 26.8. The highest BCUT2D eigenvalue weighted by Crippen LogP contribution is 2.49. The van der Waals surface area contributed by atoms with E-state index in [4.69, 9.17) is 9.97 Å². The smallest absolute Gasteiger partial charge is 0.162 e. The van der Waals surface area contributed by atoms with Crippen LogP contribution in [0.5, 0.6) is 0 Å². The van der Waals surface area contributed by atoms with Gasteiger partial charge in [0.25, 0.3) is 0 Å². The molecule has 0 saturated heterocycles. The van der Waals surface area contributed by atoms with Crippen molar-refractivity contribution < 1.29 is 0 Å². The summed E-state index contributed by atoms with van der Waals surface area (Å²) in [5, 5.41) is 7.49. The Balaban J connectivity index is 1.32. The van der Waals surface area contributed by atoms with Crippen LogP contribution in [0.2, 0.25) is 0 Å². The third-order valence-corrected chi connectivity index (χ3v) is 11.8. The number of hydrogen-bond acceptors (Lipinski definition) is 3. The fourth-order valence-electron chi connectivity index (χ4n) is 8.11. The topological polar surface area (TPSA) is 30.7 Å². The van der Waals surface area contributed by atoms with E-state index in [0.717, 1.165) is 28.2 Å². The maximum absolute atomic E-state index is 5.40. The quantitative estimate of drug-likeness (QED) is 0.178. The third-order valence-electron chi connectivity index (χ3n) is 10.6. The van der Waals surface area contributed by atoms with E-state index in [1.54, 1.807) is 0 Å². The van der Waals surface area contributed by atoms with E-state index in [0.29, 0.717) is 5.82 Å². The number of aromatic nitrogens is 3. The second-order valence-corrected chi connectivity index (χ2v) is 14.8. The molecule has 0 saturated carbocycles. The van der Waals surface area contributed by atoms with Crippen molar-refractivity contribution in [2.24, 2.45) is 0 Å². The Kier molecular flexibility index (Phi) is 7.04. The van der Waals surface area contributed by atoms with E-state index in [2.05, 4.69) is 180 Å². The minimum absolute atomic E-state index is 0.698. The normalized spacial score (nSPS) is 11.7. The molecule has 8 aromatic carbocycles. The zero-order chi connectivity index (χ0) is 35.6. The van der Waals surface area contributed by atoms with Crippen LogP contribution in [0.15, 0.2) is 188 Å². The number of thiophene rings is 1. The number of hydrogen-bond donors (Lipinski definition) is 0. The van der Waals surface area contributed by atoms with Crippen molar-refractivity contribution in [1.29, 1.82) is 0 Å². The predicted molar refractivity (Wildman–Crippen MR) is 229 cm³/mol. The molecule has 11 rings (SSSR count). The predicted octanol–water partition coefficient (Wildman–Crippen LogP) is 13.8. The van der Waals surface area contributed by atoms with Crippen LogP contribution in [-0.2, 0) is 0 Å². The van der Waals surface area contributed by atoms with Gasteiger partial charge in [-0.1, -0.05) is 158 Å². The Morgan fingerprint density at radius 2 is 0.926 bits per heavy atom. The van der Waals surface area contributed by atoms with E-state index in [-0.39, 0.29) is 0 Å². The molecule has 0 unspecified atom stereocenters. The molecule has 0 aliphatic heterocycles. The van der Waals surface area contributed by atoms with Gasteiger partial charge in [-0.25, -0.2) is 9.97 Å². The molecule has 0 bridgehead atoms. The van der Waals surface area contributed by atoms with Crippen molar-refractivity contribution in [2.45, 2.75) is 0 Å². The van der Waals surface area contributed by atoms with Gasteiger partial charge in [-0.15, -0.1) is 11.3 Å². The van der Waals surface area contributed by atoms with E-state index < -0.39 is 0 Å². The zero-order valence-electron chi connectivity index (χ0n) is 29.1. The molecule has 3 heterocycles. The van der Waals surface area contributed by atoms with E-state index in [9.17, 15) is 0 Å². The highest BCUT2D eigenvalue weighted by atomic mass is 32.1. The van der Waals surface area contributed by atoms with E-state index in [1.165, 1.54) is 69.5 Å². The van der Waals surface area contributed by atoms with Crippen molar-refractivity contribution in [3.8, 4) is 50.7 Å². The summed E-state index contributed by atoms with van der Waals surface area (Å²) in [6.07, 6.45) is 0. The van der Waals surface area contributed by atoms with Crippen LogP contribution in [-0.4, -0.2) is 14.5 Å². The molecule has 0 spiro atoms. The lowest BCUT2D eigenvalue weighted by Gasteiger charge is -2.13. The second kappa shape index (κ2) is 12.4. The van der Waals surface area contributed by atoms with Crippen molar-refractivity contribution >= 4 is 64.1 Å². The summed E-state index contributed by atoms with van der Waals surface area (Å²) in [5.74, 6) is 1.54. The van der Waals surface area contributed by atoms with Gasteiger partial charge < -0.3 is 0 Å². The first-order valence-electron chi connectivity index (χ1n) is 18.2. The molecule has 0 N–H and O–H groups in total. The molecule has 4 heteroatoms. The van der Waals surface area contributed by atoms with Crippen LogP contribution in [0.3, 0.4) is 0 Å². The standard InChI is InChI=1S/C50H31N3S/c1-5-15-32(16-6-1)36-25-27-43-40(29-36)46-38-23-13-14-24-39(38)47-41-30-37(33-17-7-2-8-18-33)26-28-44(41)54-49(47)48(46)53(43)45-31-42(34-19-9-3-10-20-34)51-50(52-45)35-21-11-4-12-22-35/h1-31H. The van der Waals surface area contributed by atoms with Crippen LogP contribution >= 0.6 is 11.3 Å². The van der Waals surface area contributed by atoms with Gasteiger partial charge in [0.05, 0.1) is 21.4 Å². The molecule has 3 aromatic heterocycles. The molecular formula is C50H31N3S. The van der Waals surface area contributed by atoms with Gasteiger partial charge >= 0.3 is 0 Å². The molecule has 0 fully saturated rings. The average molecular weight is 706 g/mol. The summed E-state index contributed by atoms with van der Waals surface area (Å²) in [5.41, 5.74) is 10.0. The molecule has 0 radical (unpaired) electrons. The highest BCUT2D eigenvalue weighted by Gasteiger charge is 2.24. The Morgan fingerprint density at radius 1 is 0.389 bits per heavy atom. The number of benzene rings is 8. The summed E-state index contributed by atoms with van der Waals surface area (Å²) < 4.78 is 4.92. The van der Waals surface area contributed by atoms with Gasteiger partial charge in [0.2, 0.25) is 0 Å². The molecule has 11 aromatic rings. The molecular weight excluding hydrogens is 675 g/mol. The molecule has 54 heavy (non-hydrogen) atoms. The summed E-state index contributed by atoms with van der Waals surface area (Å²) in [4.78, 5) is 10.6. The summed E-state index contributed by atoms with van der Waals surface area (Å²) in [7, 11) is 0. The van der Waals surface area contributed by atoms with Gasteiger partial charge in [-0.3, -0.25) is 4.57 Å². The van der Waals surface area contributed by atoms with Gasteiger partial charge in [0, 0.05) is 43.4 Å². The molecule has 0 amide bonds. The van der Waals surface area contributed by atoms with Crippen molar-refractivity contribution in [3.05, 3.63) is 188 Å². The number of rotatable bonds is 5. The first-order valence-corrected chi connectivity index (χ1v) is 19.1. The molecule has 0 atom stereocenters. The fourth-order valence-corrected chi connectivity index (χ4v) is 9.35. The largest absolute Gasteiger partial charge is 0.292 e. The van der Waals surface area contributed by atoms with Crippen molar-refractivity contribution in [3.63, 3.8) is 0 Å². The second-order valence-electron chi connectivity index (χ2n) is 13.8. The molecule has 252 valence electrons. The molecule has 0 aliphatic rings. The zero-order valence-corrected chi connectivity index (χ0v) is 30.0. The molecule has 3 nitrogen and oxygen atoms in total. The van der Waals surface area contributed by atoms with E-state index >= 15 is 0 Å². The Labute approximate surface area is 316 Å². The maximum Gasteiger partial charge on any atom is 0.162 e. The van der Waals surface area contributed by atoms with Gasteiger partial charge in [-0.05, 0) is 57.3 Å². The summed E-state index contributed by atoms with van der Waals surface area (Å²) in [6, 6.07) is 67.1. The lowest BCUT2D eigenvalue weighted by atomic mass is 9.96. The van der Waals surface area contributed by atoms with Gasteiger partial charge in [0.1, 0.15) is 5.82 Å². The molecule has 0 aliphatic carbocycles. The maximum atomic E-state index is 5.40. The minimum Gasteiger partial charge on any atom is -0.292 e. The van der Waals surface area contributed by atoms with Crippen LogP contribution < -0.4 is 0 Å². The number of nitrogens with zero attached hydrogens (tertiary/aromatic N) is 3. The van der Waals surface area contributed by atoms with Crippen LogP contribution in [0.1, 0.15) is 0 Å². The average Bonchev–Trinajstić information content (AvgIpc) is 3.81. The van der Waals surface area contributed by atoms with Gasteiger partial charge in [0.15, 0.2) is 5.82 Å². The monoisotopic (exact) mass is 705 g/mol. The van der Waals surface area contributed by atoms with E-state index in [1.807, 2.05) is 23.5 Å². The Hall–Kier alpha value is -6.88. The van der Waals surface area contributed by atoms with Crippen molar-refractivity contribution in [1.82, 2.24) is 14.5 Å². The highest BCUT2D eigenvalue weighted by molar-refractivity contribution is 7.27. The Morgan fingerprint density at radius 3 is 1.57 bits per heavy atom. The fraction of sp³-hybridized carbons (Fsp3) is 0. The minimum atomic E-state index is 0.698. The van der Waals surface area contributed by atoms with Crippen molar-refractivity contribution in [2.75, 3.05) is 0 Å². The van der Waals surface area contributed by atoms with Gasteiger partial charge in [-0.2, -0.15) is 0 Å². The van der Waals surface area contributed by atoms with Crippen LogP contribution in [0.25, 0.3) is 103 Å². The first kappa shape index (κ1) is 30.7. The number of fused-ring (bicyclic) bond motifs is 10. The summed E-state index contributed by atoms with van der Waals surface area (Å²) in [6.45, 7) is 0.